The van der Waals surface area contributed by atoms with Crippen molar-refractivity contribution in [2.45, 2.75) is 80.1 Å². The molecule has 0 aromatic rings. The van der Waals surface area contributed by atoms with E-state index in [1.165, 1.54) is 32.1 Å². The Labute approximate surface area is 121 Å². The molecule has 0 bridgehead atoms. The van der Waals surface area contributed by atoms with E-state index >= 15 is 0 Å². The summed E-state index contributed by atoms with van der Waals surface area (Å²) in [6.07, 6.45) is 15.0. The minimum Gasteiger partial charge on any atom is -0.295 e. The standard InChI is InChI=1S/C10H16O.C8H18/c1-3-4-5-6-7-8-9-10(2)11;1-5-6-7-8(2,3)4/h6-9H,3-5H2,1-2H3;5-7H2,1-4H3. The largest absolute Gasteiger partial charge is 0.295 e. The van der Waals surface area contributed by atoms with Gasteiger partial charge in [0, 0.05) is 0 Å². The van der Waals surface area contributed by atoms with Crippen molar-refractivity contribution in [2.24, 2.45) is 5.41 Å². The second-order valence-corrected chi connectivity index (χ2v) is 6.20. The maximum Gasteiger partial charge on any atom is 0.152 e. The van der Waals surface area contributed by atoms with Gasteiger partial charge in [-0.3, -0.25) is 4.79 Å². The first-order chi connectivity index (χ1) is 8.83. The SMILES string of the molecule is CCCCC(C)(C)C.CCCCC=CC=CC(C)=O. The summed E-state index contributed by atoms with van der Waals surface area (Å²) in [6, 6.07) is 0. The zero-order valence-electron chi connectivity index (χ0n) is 14.0. The summed E-state index contributed by atoms with van der Waals surface area (Å²) < 4.78 is 0. The predicted octanol–water partition coefficient (Wildman–Crippen LogP) is 6.10. The number of allylic oxidation sites excluding steroid dienone is 4. The maximum absolute atomic E-state index is 10.4. The highest BCUT2D eigenvalue weighted by atomic mass is 16.1. The molecule has 19 heavy (non-hydrogen) atoms. The van der Waals surface area contributed by atoms with Crippen molar-refractivity contribution >= 4 is 5.78 Å². The van der Waals surface area contributed by atoms with Crippen molar-refractivity contribution in [3.63, 3.8) is 0 Å². The average Bonchev–Trinajstić information content (AvgIpc) is 2.30. The maximum atomic E-state index is 10.4. The first-order valence-electron chi connectivity index (χ1n) is 7.67. The van der Waals surface area contributed by atoms with Crippen LogP contribution in [0.25, 0.3) is 0 Å². The van der Waals surface area contributed by atoms with E-state index in [2.05, 4.69) is 40.7 Å². The summed E-state index contributed by atoms with van der Waals surface area (Å²) in [5.41, 5.74) is 0.552. The lowest BCUT2D eigenvalue weighted by Gasteiger charge is -2.16. The van der Waals surface area contributed by atoms with E-state index in [9.17, 15) is 4.79 Å². The molecule has 0 aromatic heterocycles. The minimum atomic E-state index is 0.102. The highest BCUT2D eigenvalue weighted by Crippen LogP contribution is 2.20. The highest BCUT2D eigenvalue weighted by Gasteiger charge is 2.07. The van der Waals surface area contributed by atoms with Gasteiger partial charge in [0.15, 0.2) is 5.78 Å². The van der Waals surface area contributed by atoms with E-state index in [0.29, 0.717) is 5.41 Å². The lowest BCUT2D eigenvalue weighted by atomic mass is 9.90. The molecule has 1 heteroatoms. The number of unbranched alkanes of at least 4 members (excludes halogenated alkanes) is 3. The molecule has 0 radical (unpaired) electrons. The van der Waals surface area contributed by atoms with E-state index in [4.69, 9.17) is 0 Å². The molecule has 0 N–H and O–H groups in total. The molecule has 1 nitrogen and oxygen atoms in total. The van der Waals surface area contributed by atoms with Gasteiger partial charge in [0.05, 0.1) is 0 Å². The molecule has 0 aliphatic heterocycles. The van der Waals surface area contributed by atoms with Crippen molar-refractivity contribution in [2.75, 3.05) is 0 Å². The van der Waals surface area contributed by atoms with Gasteiger partial charge in [-0.05, 0) is 31.3 Å². The third-order valence-electron chi connectivity index (χ3n) is 2.58. The summed E-state index contributed by atoms with van der Waals surface area (Å²) in [5.74, 6) is 0.102. The monoisotopic (exact) mass is 266 g/mol. The molecule has 0 rings (SSSR count). The Kier molecular flexibility index (Phi) is 14.6. The number of carbonyl (C=O) groups is 1. The molecule has 0 saturated heterocycles. The lowest BCUT2D eigenvalue weighted by molar-refractivity contribution is -0.112. The first-order valence-corrected chi connectivity index (χ1v) is 7.67. The van der Waals surface area contributed by atoms with Crippen molar-refractivity contribution in [1.29, 1.82) is 0 Å². The zero-order chi connectivity index (χ0) is 15.1. The molecule has 0 saturated carbocycles. The van der Waals surface area contributed by atoms with Crippen LogP contribution in [0, 0.1) is 5.41 Å². The van der Waals surface area contributed by atoms with Crippen LogP contribution >= 0.6 is 0 Å². The zero-order valence-corrected chi connectivity index (χ0v) is 14.0. The first kappa shape index (κ1) is 20.5. The van der Waals surface area contributed by atoms with Crippen molar-refractivity contribution in [1.82, 2.24) is 0 Å². The van der Waals surface area contributed by atoms with Crippen LogP contribution in [0.4, 0.5) is 0 Å². The summed E-state index contributed by atoms with van der Waals surface area (Å²) in [6.45, 7) is 12.8. The van der Waals surface area contributed by atoms with E-state index in [-0.39, 0.29) is 5.78 Å². The van der Waals surface area contributed by atoms with Gasteiger partial charge >= 0.3 is 0 Å². The summed E-state index contributed by atoms with van der Waals surface area (Å²) in [5, 5.41) is 0. The van der Waals surface area contributed by atoms with Crippen LogP contribution in [-0.2, 0) is 4.79 Å². The molecule has 0 heterocycles. The van der Waals surface area contributed by atoms with Crippen LogP contribution in [-0.4, -0.2) is 5.78 Å². The molecular formula is C18H34O. The number of carbonyl (C=O) groups excluding carboxylic acids is 1. The Balaban J connectivity index is 0. The molecule has 0 amide bonds. The van der Waals surface area contributed by atoms with E-state index < -0.39 is 0 Å². The Morgan fingerprint density at radius 1 is 1.00 bits per heavy atom. The van der Waals surface area contributed by atoms with E-state index in [1.807, 2.05) is 6.08 Å². The molecule has 0 fully saturated rings. The van der Waals surface area contributed by atoms with Crippen LogP contribution < -0.4 is 0 Å². The van der Waals surface area contributed by atoms with Crippen LogP contribution in [0.15, 0.2) is 24.3 Å². The molecule has 0 spiro atoms. The molecule has 112 valence electrons. The number of hydrogen-bond acceptors (Lipinski definition) is 1. The van der Waals surface area contributed by atoms with Crippen LogP contribution in [0.2, 0.25) is 0 Å². The van der Waals surface area contributed by atoms with Crippen molar-refractivity contribution in [3.05, 3.63) is 24.3 Å². The number of rotatable bonds is 7. The predicted molar refractivity (Wildman–Crippen MR) is 87.5 cm³/mol. The third-order valence-corrected chi connectivity index (χ3v) is 2.58. The smallest absolute Gasteiger partial charge is 0.152 e. The Bertz CT molecular complexity index is 253. The van der Waals surface area contributed by atoms with Crippen molar-refractivity contribution in [3.8, 4) is 0 Å². The Morgan fingerprint density at radius 3 is 1.95 bits per heavy atom. The van der Waals surface area contributed by atoms with Gasteiger partial charge in [-0.1, -0.05) is 78.5 Å². The lowest BCUT2D eigenvalue weighted by Crippen LogP contribution is -2.03. The van der Waals surface area contributed by atoms with Crippen LogP contribution in [0.3, 0.4) is 0 Å². The fourth-order valence-electron chi connectivity index (χ4n) is 1.39. The molecule has 0 aliphatic carbocycles. The second kappa shape index (κ2) is 13.6. The number of ketones is 1. The normalized spacial score (nSPS) is 11.7. The van der Waals surface area contributed by atoms with Gasteiger partial charge < -0.3 is 0 Å². The minimum absolute atomic E-state index is 0.102. The van der Waals surface area contributed by atoms with Gasteiger partial charge in [-0.25, -0.2) is 0 Å². The molecule has 0 aromatic carbocycles. The Morgan fingerprint density at radius 2 is 1.58 bits per heavy atom. The van der Waals surface area contributed by atoms with Gasteiger partial charge in [0.1, 0.15) is 0 Å². The molecule has 0 unspecified atom stereocenters. The fourth-order valence-corrected chi connectivity index (χ4v) is 1.39. The topological polar surface area (TPSA) is 17.1 Å². The van der Waals surface area contributed by atoms with E-state index in [0.717, 1.165) is 6.42 Å². The molecule has 0 aliphatic rings. The third kappa shape index (κ3) is 26.7. The Hall–Kier alpha value is -0.850. The highest BCUT2D eigenvalue weighted by molar-refractivity contribution is 5.87. The summed E-state index contributed by atoms with van der Waals surface area (Å²) in [7, 11) is 0. The van der Waals surface area contributed by atoms with E-state index in [1.54, 1.807) is 19.1 Å². The molecule has 0 atom stereocenters. The average molecular weight is 266 g/mol. The van der Waals surface area contributed by atoms with Crippen LogP contribution in [0.1, 0.15) is 80.1 Å². The van der Waals surface area contributed by atoms with Gasteiger partial charge in [-0.15, -0.1) is 0 Å². The van der Waals surface area contributed by atoms with Gasteiger partial charge in [0.2, 0.25) is 0 Å². The van der Waals surface area contributed by atoms with Crippen molar-refractivity contribution < 1.29 is 4.79 Å². The fraction of sp³-hybridized carbons (Fsp3) is 0.722. The second-order valence-electron chi connectivity index (χ2n) is 6.20. The van der Waals surface area contributed by atoms with Crippen LogP contribution in [0.5, 0.6) is 0 Å². The van der Waals surface area contributed by atoms with Gasteiger partial charge in [-0.2, -0.15) is 0 Å². The summed E-state index contributed by atoms with van der Waals surface area (Å²) in [4.78, 5) is 10.4. The van der Waals surface area contributed by atoms with Gasteiger partial charge in [0.25, 0.3) is 0 Å². The summed E-state index contributed by atoms with van der Waals surface area (Å²) >= 11 is 0. The quantitative estimate of drug-likeness (QED) is 0.309. The number of hydrogen-bond donors (Lipinski definition) is 0. The molecular weight excluding hydrogens is 232 g/mol.